The average molecular weight is 277 g/mol. The summed E-state index contributed by atoms with van der Waals surface area (Å²) in [6.45, 7) is 5.46. The first-order chi connectivity index (χ1) is 9.37. The Kier molecular flexibility index (Phi) is 4.33. The van der Waals surface area contributed by atoms with Gasteiger partial charge in [0.25, 0.3) is 0 Å². The zero-order valence-corrected chi connectivity index (χ0v) is 12.4. The number of carbonyl (C=O) groups excluding carboxylic acids is 1. The molecule has 2 rings (SSSR count). The van der Waals surface area contributed by atoms with Crippen molar-refractivity contribution in [2.75, 3.05) is 6.61 Å². The van der Waals surface area contributed by atoms with Crippen LogP contribution in [0.15, 0.2) is 18.2 Å². The summed E-state index contributed by atoms with van der Waals surface area (Å²) >= 11 is 0. The zero-order chi connectivity index (χ0) is 14.8. The van der Waals surface area contributed by atoms with Gasteiger partial charge in [-0.3, -0.25) is 0 Å². The van der Waals surface area contributed by atoms with Crippen LogP contribution in [0.5, 0.6) is 5.75 Å². The molecule has 0 saturated carbocycles. The van der Waals surface area contributed by atoms with Crippen LogP contribution in [0.2, 0.25) is 0 Å². The molecule has 0 heterocycles. The summed E-state index contributed by atoms with van der Waals surface area (Å²) in [5, 5.41) is 0. The molecule has 2 N–H and O–H groups in total. The number of rotatable bonds is 3. The lowest BCUT2D eigenvalue weighted by Crippen LogP contribution is -2.27. The molecule has 4 nitrogen and oxygen atoms in total. The summed E-state index contributed by atoms with van der Waals surface area (Å²) in [7, 11) is 0. The van der Waals surface area contributed by atoms with Crippen LogP contribution < -0.4 is 10.5 Å². The van der Waals surface area contributed by atoms with Crippen LogP contribution in [0, 0.1) is 0 Å². The standard InChI is InChI=1S/C16H23NO3/c1-16(2,3)20-15(18)10-19-14-9-5-6-11-12(14)7-4-8-13(11)17/h5-6,9,13H,4,7-8,10,17H2,1-3H3/t13-/m1/s1. The van der Waals surface area contributed by atoms with Gasteiger partial charge < -0.3 is 15.2 Å². The van der Waals surface area contributed by atoms with Crippen LogP contribution in [0.1, 0.15) is 50.8 Å². The van der Waals surface area contributed by atoms with Gasteiger partial charge in [0, 0.05) is 6.04 Å². The van der Waals surface area contributed by atoms with E-state index >= 15 is 0 Å². The maximum absolute atomic E-state index is 11.7. The maximum Gasteiger partial charge on any atom is 0.344 e. The SMILES string of the molecule is CC(C)(C)OC(=O)COc1cccc2c1CCC[C@H]2N. The van der Waals surface area contributed by atoms with E-state index in [4.69, 9.17) is 15.2 Å². The molecular weight excluding hydrogens is 254 g/mol. The first-order valence-electron chi connectivity index (χ1n) is 7.09. The second kappa shape index (κ2) is 5.83. The van der Waals surface area contributed by atoms with Crippen LogP contribution >= 0.6 is 0 Å². The Morgan fingerprint density at radius 2 is 2.15 bits per heavy atom. The van der Waals surface area contributed by atoms with Crippen LogP contribution in [0.25, 0.3) is 0 Å². The number of benzene rings is 1. The highest BCUT2D eigenvalue weighted by Gasteiger charge is 2.21. The smallest absolute Gasteiger partial charge is 0.344 e. The molecule has 1 aromatic rings. The molecule has 0 spiro atoms. The molecule has 0 bridgehead atoms. The summed E-state index contributed by atoms with van der Waals surface area (Å²) in [6.07, 6.45) is 3.01. The van der Waals surface area contributed by atoms with Gasteiger partial charge in [0.2, 0.25) is 0 Å². The van der Waals surface area contributed by atoms with Crippen LogP contribution in [-0.2, 0) is 16.0 Å². The van der Waals surface area contributed by atoms with E-state index in [2.05, 4.69) is 0 Å². The van der Waals surface area contributed by atoms with Crippen molar-refractivity contribution in [1.29, 1.82) is 0 Å². The van der Waals surface area contributed by atoms with E-state index in [1.165, 1.54) is 0 Å². The minimum Gasteiger partial charge on any atom is -0.482 e. The monoisotopic (exact) mass is 277 g/mol. The minimum absolute atomic E-state index is 0.0665. The van der Waals surface area contributed by atoms with E-state index in [1.807, 2.05) is 39.0 Å². The van der Waals surface area contributed by atoms with Crippen molar-refractivity contribution in [3.8, 4) is 5.75 Å². The van der Waals surface area contributed by atoms with Crippen molar-refractivity contribution in [2.24, 2.45) is 5.73 Å². The summed E-state index contributed by atoms with van der Waals surface area (Å²) in [5.41, 5.74) is 7.89. The molecule has 110 valence electrons. The first kappa shape index (κ1) is 14.9. The van der Waals surface area contributed by atoms with Gasteiger partial charge >= 0.3 is 5.97 Å². The quantitative estimate of drug-likeness (QED) is 0.863. The second-order valence-corrected chi connectivity index (χ2v) is 6.20. The van der Waals surface area contributed by atoms with Crippen molar-refractivity contribution < 1.29 is 14.3 Å². The third kappa shape index (κ3) is 3.73. The number of fused-ring (bicyclic) bond motifs is 1. The largest absolute Gasteiger partial charge is 0.482 e. The predicted octanol–water partition coefficient (Wildman–Crippen LogP) is 2.74. The summed E-state index contributed by atoms with van der Waals surface area (Å²) in [6, 6.07) is 5.93. The Bertz CT molecular complexity index is 491. The van der Waals surface area contributed by atoms with Gasteiger partial charge in [0.05, 0.1) is 0 Å². The summed E-state index contributed by atoms with van der Waals surface area (Å²) in [5.74, 6) is 0.402. The van der Waals surface area contributed by atoms with Crippen LogP contribution in [0.4, 0.5) is 0 Å². The van der Waals surface area contributed by atoms with Gasteiger partial charge in [-0.15, -0.1) is 0 Å². The van der Waals surface area contributed by atoms with Crippen molar-refractivity contribution >= 4 is 5.97 Å². The Morgan fingerprint density at radius 3 is 2.85 bits per heavy atom. The average Bonchev–Trinajstić information content (AvgIpc) is 2.35. The van der Waals surface area contributed by atoms with E-state index in [-0.39, 0.29) is 18.6 Å². The number of esters is 1. The molecule has 0 aromatic heterocycles. The molecule has 1 aliphatic rings. The number of carbonyl (C=O) groups is 1. The lowest BCUT2D eigenvalue weighted by atomic mass is 9.88. The Labute approximate surface area is 120 Å². The number of nitrogens with two attached hydrogens (primary N) is 1. The second-order valence-electron chi connectivity index (χ2n) is 6.20. The highest BCUT2D eigenvalue weighted by Crippen LogP contribution is 2.34. The van der Waals surface area contributed by atoms with E-state index in [9.17, 15) is 4.79 Å². The Balaban J connectivity index is 2.04. The van der Waals surface area contributed by atoms with E-state index < -0.39 is 5.60 Å². The number of hydrogen-bond donors (Lipinski definition) is 1. The molecule has 1 atom stereocenters. The molecule has 0 fully saturated rings. The molecule has 4 heteroatoms. The molecular formula is C16H23NO3. The molecule has 0 unspecified atom stereocenters. The maximum atomic E-state index is 11.7. The van der Waals surface area contributed by atoms with Gasteiger partial charge in [0.15, 0.2) is 6.61 Å². The van der Waals surface area contributed by atoms with Crippen molar-refractivity contribution in [2.45, 2.75) is 51.7 Å². The third-order valence-electron chi connectivity index (χ3n) is 3.28. The van der Waals surface area contributed by atoms with Crippen LogP contribution in [-0.4, -0.2) is 18.2 Å². The topological polar surface area (TPSA) is 61.5 Å². The van der Waals surface area contributed by atoms with Gasteiger partial charge in [-0.25, -0.2) is 4.79 Å². The van der Waals surface area contributed by atoms with Crippen LogP contribution in [0.3, 0.4) is 0 Å². The lowest BCUT2D eigenvalue weighted by molar-refractivity contribution is -0.157. The normalized spacial score (nSPS) is 18.3. The van der Waals surface area contributed by atoms with Gasteiger partial charge in [-0.05, 0) is 57.2 Å². The number of ether oxygens (including phenoxy) is 2. The number of hydrogen-bond acceptors (Lipinski definition) is 4. The minimum atomic E-state index is -0.487. The first-order valence-corrected chi connectivity index (χ1v) is 7.09. The fourth-order valence-corrected chi connectivity index (χ4v) is 2.49. The molecule has 0 radical (unpaired) electrons. The summed E-state index contributed by atoms with van der Waals surface area (Å²) < 4.78 is 10.9. The fourth-order valence-electron chi connectivity index (χ4n) is 2.49. The predicted molar refractivity (Wildman–Crippen MR) is 77.6 cm³/mol. The molecule has 1 aromatic carbocycles. The third-order valence-corrected chi connectivity index (χ3v) is 3.28. The molecule has 20 heavy (non-hydrogen) atoms. The fraction of sp³-hybridized carbons (Fsp3) is 0.562. The molecule has 0 aliphatic heterocycles. The van der Waals surface area contributed by atoms with E-state index in [0.29, 0.717) is 0 Å². The van der Waals surface area contributed by atoms with Crippen molar-refractivity contribution in [1.82, 2.24) is 0 Å². The lowest BCUT2D eigenvalue weighted by Gasteiger charge is -2.24. The Hall–Kier alpha value is -1.55. The van der Waals surface area contributed by atoms with Gasteiger partial charge in [-0.2, -0.15) is 0 Å². The van der Waals surface area contributed by atoms with E-state index in [0.717, 1.165) is 36.1 Å². The van der Waals surface area contributed by atoms with Crippen molar-refractivity contribution in [3.63, 3.8) is 0 Å². The highest BCUT2D eigenvalue weighted by molar-refractivity contribution is 5.71. The highest BCUT2D eigenvalue weighted by atomic mass is 16.6. The van der Waals surface area contributed by atoms with Crippen molar-refractivity contribution in [3.05, 3.63) is 29.3 Å². The zero-order valence-electron chi connectivity index (χ0n) is 12.4. The Morgan fingerprint density at radius 1 is 1.40 bits per heavy atom. The van der Waals surface area contributed by atoms with Gasteiger partial charge in [0.1, 0.15) is 11.4 Å². The molecule has 0 amide bonds. The molecule has 0 saturated heterocycles. The van der Waals surface area contributed by atoms with Gasteiger partial charge in [-0.1, -0.05) is 12.1 Å². The summed E-state index contributed by atoms with van der Waals surface area (Å²) in [4.78, 5) is 11.7. The van der Waals surface area contributed by atoms with E-state index in [1.54, 1.807) is 0 Å². The molecule has 1 aliphatic carbocycles.